The molecule has 1 fully saturated rings. The molecule has 0 amide bonds. The molecular formula is C21H20BF2NO3. The Morgan fingerprint density at radius 3 is 2.71 bits per heavy atom. The molecule has 4 nitrogen and oxygen atoms in total. The van der Waals surface area contributed by atoms with Crippen LogP contribution in [0, 0.1) is 23.5 Å². The van der Waals surface area contributed by atoms with Gasteiger partial charge in [0.1, 0.15) is 31.7 Å². The van der Waals surface area contributed by atoms with Crippen molar-refractivity contribution in [1.29, 1.82) is 0 Å². The number of benzene rings is 1. The van der Waals surface area contributed by atoms with E-state index in [-0.39, 0.29) is 41.4 Å². The first-order chi connectivity index (χ1) is 13.1. The summed E-state index contributed by atoms with van der Waals surface area (Å²) in [6, 6.07) is 3.78. The van der Waals surface area contributed by atoms with Crippen molar-refractivity contribution in [3.05, 3.63) is 52.7 Å². The van der Waals surface area contributed by atoms with E-state index < -0.39 is 17.2 Å². The van der Waals surface area contributed by atoms with Crippen LogP contribution >= 0.6 is 0 Å². The molecule has 2 aliphatic rings. The molecule has 7 heteroatoms. The average molecular weight is 383 g/mol. The van der Waals surface area contributed by atoms with Crippen LogP contribution in [0.2, 0.25) is 0 Å². The van der Waals surface area contributed by atoms with Gasteiger partial charge < -0.3 is 9.47 Å². The number of nitrogens with zero attached hydrogens (tertiary/aromatic N) is 1. The summed E-state index contributed by atoms with van der Waals surface area (Å²) >= 11 is 0. The first-order valence-corrected chi connectivity index (χ1v) is 9.22. The Kier molecular flexibility index (Phi) is 4.44. The molecule has 0 N–H and O–H groups in total. The van der Waals surface area contributed by atoms with Crippen molar-refractivity contribution in [1.82, 2.24) is 4.98 Å². The zero-order valence-corrected chi connectivity index (χ0v) is 16.0. The van der Waals surface area contributed by atoms with Crippen LogP contribution in [0.4, 0.5) is 8.78 Å². The van der Waals surface area contributed by atoms with Crippen LogP contribution in [0.25, 0.3) is 0 Å². The highest BCUT2D eigenvalue weighted by Crippen LogP contribution is 2.62. The van der Waals surface area contributed by atoms with Gasteiger partial charge in [-0.25, -0.2) is 13.8 Å². The molecule has 4 rings (SSSR count). The summed E-state index contributed by atoms with van der Waals surface area (Å²) in [6.45, 7) is 5.48. The number of carbonyl (C=O) groups is 1. The second-order valence-corrected chi connectivity index (χ2v) is 8.43. The van der Waals surface area contributed by atoms with Gasteiger partial charge in [-0.2, -0.15) is 0 Å². The number of rotatable bonds is 4. The fourth-order valence-electron chi connectivity index (χ4n) is 3.91. The quantitative estimate of drug-likeness (QED) is 0.602. The number of ether oxygens (including phenoxy) is 2. The Hall–Kier alpha value is -2.44. The van der Waals surface area contributed by atoms with Crippen molar-refractivity contribution < 1.29 is 23.0 Å². The zero-order chi connectivity index (χ0) is 20.2. The molecule has 1 aromatic carbocycles. The Bertz CT molecular complexity index is 957. The van der Waals surface area contributed by atoms with Gasteiger partial charge in [-0.05, 0) is 44.2 Å². The first-order valence-electron chi connectivity index (χ1n) is 9.22. The van der Waals surface area contributed by atoms with E-state index in [1.165, 1.54) is 6.07 Å². The van der Waals surface area contributed by atoms with E-state index in [1.54, 1.807) is 6.20 Å². The summed E-state index contributed by atoms with van der Waals surface area (Å²) in [5.74, 6) is -1.01. The Morgan fingerprint density at radius 1 is 1.25 bits per heavy atom. The van der Waals surface area contributed by atoms with Gasteiger partial charge in [-0.3, -0.25) is 4.79 Å². The minimum absolute atomic E-state index is 0.100. The zero-order valence-electron chi connectivity index (χ0n) is 16.0. The Balaban J connectivity index is 1.42. The van der Waals surface area contributed by atoms with Crippen LogP contribution in [0.1, 0.15) is 43.4 Å². The van der Waals surface area contributed by atoms with E-state index in [1.807, 2.05) is 26.8 Å². The van der Waals surface area contributed by atoms with Crippen LogP contribution in [0.5, 0.6) is 5.88 Å². The predicted molar refractivity (Wildman–Crippen MR) is 99.6 cm³/mol. The Labute approximate surface area is 163 Å². The molecule has 1 aromatic heterocycles. The van der Waals surface area contributed by atoms with Crippen LogP contribution < -0.4 is 10.2 Å². The summed E-state index contributed by atoms with van der Waals surface area (Å²) in [7, 11) is 5.48. The van der Waals surface area contributed by atoms with Gasteiger partial charge in [0.25, 0.3) is 0 Å². The summed E-state index contributed by atoms with van der Waals surface area (Å²) in [5, 5.41) is 0. The molecule has 144 valence electrons. The van der Waals surface area contributed by atoms with Gasteiger partial charge in [0.05, 0.1) is 5.92 Å². The van der Waals surface area contributed by atoms with E-state index in [0.717, 1.165) is 23.6 Å². The van der Waals surface area contributed by atoms with Gasteiger partial charge in [-0.1, -0.05) is 11.5 Å². The SMILES string of the molecule is [B]c1cc(COc2cc3c(cn2)[C@H]2[C@@H](C3)[C@@H]2C(=O)OC(C)(C)C)c(F)cc1F. The lowest BCUT2D eigenvalue weighted by molar-refractivity contribution is -0.157. The summed E-state index contributed by atoms with van der Waals surface area (Å²) in [5.41, 5.74) is 1.67. The first kappa shape index (κ1) is 18.9. The lowest BCUT2D eigenvalue weighted by atomic mass is 9.93. The Morgan fingerprint density at radius 2 is 2.00 bits per heavy atom. The van der Waals surface area contributed by atoms with Gasteiger partial charge in [0.2, 0.25) is 5.88 Å². The number of carbonyl (C=O) groups excluding carboxylic acids is 1. The van der Waals surface area contributed by atoms with Crippen molar-refractivity contribution in [2.45, 2.75) is 45.3 Å². The number of halogens is 2. The summed E-state index contributed by atoms with van der Waals surface area (Å²) in [4.78, 5) is 16.6. The van der Waals surface area contributed by atoms with Gasteiger partial charge in [0.15, 0.2) is 0 Å². The van der Waals surface area contributed by atoms with Crippen LogP contribution in [0.15, 0.2) is 24.4 Å². The van der Waals surface area contributed by atoms with E-state index >= 15 is 0 Å². The van der Waals surface area contributed by atoms with Gasteiger partial charge >= 0.3 is 5.97 Å². The lowest BCUT2D eigenvalue weighted by Crippen LogP contribution is -2.26. The monoisotopic (exact) mass is 383 g/mol. The number of hydrogen-bond donors (Lipinski definition) is 0. The molecule has 0 spiro atoms. The molecule has 0 saturated heterocycles. The molecule has 0 bridgehead atoms. The number of aromatic nitrogens is 1. The van der Waals surface area contributed by atoms with E-state index in [2.05, 4.69) is 4.98 Å². The molecule has 3 atom stereocenters. The second-order valence-electron chi connectivity index (χ2n) is 8.43. The molecule has 0 aliphatic heterocycles. The van der Waals surface area contributed by atoms with Crippen LogP contribution in [-0.4, -0.2) is 24.4 Å². The maximum atomic E-state index is 13.8. The third-order valence-electron chi connectivity index (χ3n) is 5.20. The van der Waals surface area contributed by atoms with Crippen molar-refractivity contribution >= 4 is 19.3 Å². The molecule has 2 aromatic rings. The summed E-state index contributed by atoms with van der Waals surface area (Å²) < 4.78 is 38.1. The molecule has 1 heterocycles. The highest BCUT2D eigenvalue weighted by molar-refractivity contribution is 6.32. The fraction of sp³-hybridized carbons (Fsp3) is 0.429. The fourth-order valence-corrected chi connectivity index (χ4v) is 3.91. The maximum absolute atomic E-state index is 13.8. The van der Waals surface area contributed by atoms with Crippen molar-refractivity contribution in [2.75, 3.05) is 0 Å². The largest absolute Gasteiger partial charge is 0.473 e. The second kappa shape index (κ2) is 6.57. The average Bonchev–Trinajstić information content (AvgIpc) is 3.18. The highest BCUT2D eigenvalue weighted by atomic mass is 19.1. The lowest BCUT2D eigenvalue weighted by Gasteiger charge is -2.20. The molecule has 1 saturated carbocycles. The molecule has 2 aliphatic carbocycles. The molecular weight excluding hydrogens is 363 g/mol. The van der Waals surface area contributed by atoms with Gasteiger partial charge in [0, 0.05) is 29.8 Å². The number of hydrogen-bond acceptors (Lipinski definition) is 4. The van der Waals surface area contributed by atoms with E-state index in [0.29, 0.717) is 5.88 Å². The maximum Gasteiger partial charge on any atom is 0.310 e. The predicted octanol–water partition coefficient (Wildman–Crippen LogP) is 2.96. The smallest absolute Gasteiger partial charge is 0.310 e. The number of fused-ring (bicyclic) bond motifs is 3. The minimum atomic E-state index is -0.796. The van der Waals surface area contributed by atoms with Crippen LogP contribution in [0.3, 0.4) is 0 Å². The standard InChI is InChI=1S/C21H20BF2NO3/c1-21(2,3)28-20(26)19-12-4-10-6-17(25-8-13(10)18(12)19)27-9-11-5-14(22)16(24)7-15(11)23/h5-8,12,18-19H,4,9H2,1-3H3/t12-,18-,19+/m1/s1. The van der Waals surface area contributed by atoms with Gasteiger partial charge in [-0.15, -0.1) is 0 Å². The minimum Gasteiger partial charge on any atom is -0.473 e. The molecule has 0 unspecified atom stereocenters. The number of esters is 1. The summed E-state index contributed by atoms with van der Waals surface area (Å²) in [6.07, 6.45) is 2.48. The van der Waals surface area contributed by atoms with E-state index in [4.69, 9.17) is 17.3 Å². The third-order valence-corrected chi connectivity index (χ3v) is 5.20. The molecule has 28 heavy (non-hydrogen) atoms. The topological polar surface area (TPSA) is 48.4 Å². The number of pyridine rings is 1. The van der Waals surface area contributed by atoms with Crippen molar-refractivity contribution in [2.24, 2.45) is 11.8 Å². The normalized spacial score (nSPS) is 22.4. The van der Waals surface area contributed by atoms with E-state index in [9.17, 15) is 13.6 Å². The van der Waals surface area contributed by atoms with Crippen molar-refractivity contribution in [3.63, 3.8) is 0 Å². The van der Waals surface area contributed by atoms with Crippen LogP contribution in [-0.2, 0) is 22.6 Å². The van der Waals surface area contributed by atoms with Crippen molar-refractivity contribution in [3.8, 4) is 5.88 Å². The highest BCUT2D eigenvalue weighted by Gasteiger charge is 2.60. The third kappa shape index (κ3) is 3.50. The molecule has 2 radical (unpaired) electrons.